The molecule has 0 saturated carbocycles. The molecule has 2 aliphatic heterocycles. The second kappa shape index (κ2) is 8.66. The first-order chi connectivity index (χ1) is 15.3. The van der Waals surface area contributed by atoms with E-state index in [9.17, 15) is 19.2 Å². The zero-order valence-electron chi connectivity index (χ0n) is 17.7. The van der Waals surface area contributed by atoms with Crippen molar-refractivity contribution >= 4 is 40.8 Å². The SMILES string of the molecule is CN(C)c1ccc(C(=O)NCC(=O)N2CC[C@@H]3[C@H]2C(=O)CN3C(=O)c2ccc(Cl)o2)cc1. The van der Waals surface area contributed by atoms with Crippen molar-refractivity contribution in [3.63, 3.8) is 0 Å². The van der Waals surface area contributed by atoms with Gasteiger partial charge in [-0.25, -0.2) is 0 Å². The van der Waals surface area contributed by atoms with E-state index in [4.69, 9.17) is 16.0 Å². The van der Waals surface area contributed by atoms with Crippen LogP contribution in [0, 0.1) is 0 Å². The molecule has 0 bridgehead atoms. The first-order valence-electron chi connectivity index (χ1n) is 10.2. The number of amides is 3. The van der Waals surface area contributed by atoms with Crippen LogP contribution < -0.4 is 10.2 Å². The van der Waals surface area contributed by atoms with E-state index >= 15 is 0 Å². The van der Waals surface area contributed by atoms with Gasteiger partial charge in [-0.15, -0.1) is 0 Å². The second-order valence-corrected chi connectivity index (χ2v) is 8.39. The third-order valence-electron chi connectivity index (χ3n) is 5.83. The average Bonchev–Trinajstić information content (AvgIpc) is 3.48. The molecule has 2 atom stereocenters. The summed E-state index contributed by atoms with van der Waals surface area (Å²) in [6.45, 7) is 0.00333. The number of likely N-dealkylation sites (tertiary alicyclic amines) is 2. The van der Waals surface area contributed by atoms with Crippen LogP contribution in [0.2, 0.25) is 5.22 Å². The van der Waals surface area contributed by atoms with E-state index in [2.05, 4.69) is 5.32 Å². The molecular weight excluding hydrogens is 436 g/mol. The predicted molar refractivity (Wildman–Crippen MR) is 117 cm³/mol. The molecule has 0 aliphatic carbocycles. The molecule has 3 amide bonds. The quantitative estimate of drug-likeness (QED) is 0.727. The summed E-state index contributed by atoms with van der Waals surface area (Å²) in [4.78, 5) is 55.3. The lowest BCUT2D eigenvalue weighted by Gasteiger charge is -2.24. The molecule has 2 aliphatic rings. The largest absolute Gasteiger partial charge is 0.440 e. The van der Waals surface area contributed by atoms with Crippen molar-refractivity contribution in [3.05, 3.63) is 52.9 Å². The number of benzene rings is 1. The Bertz CT molecular complexity index is 1060. The normalized spacial score (nSPS) is 19.8. The molecule has 1 N–H and O–H groups in total. The Kier molecular flexibility index (Phi) is 5.92. The van der Waals surface area contributed by atoms with Crippen LogP contribution in [-0.2, 0) is 9.59 Å². The van der Waals surface area contributed by atoms with Crippen LogP contribution in [0.1, 0.15) is 27.3 Å². The summed E-state index contributed by atoms with van der Waals surface area (Å²) in [5.74, 6) is -1.32. The Hall–Kier alpha value is -3.33. The summed E-state index contributed by atoms with van der Waals surface area (Å²) >= 11 is 5.75. The number of halogens is 1. The Morgan fingerprint density at radius 1 is 1.12 bits per heavy atom. The number of nitrogens with one attached hydrogen (secondary N) is 1. The van der Waals surface area contributed by atoms with Crippen molar-refractivity contribution in [2.75, 3.05) is 38.6 Å². The van der Waals surface area contributed by atoms with Crippen LogP contribution in [0.4, 0.5) is 5.69 Å². The van der Waals surface area contributed by atoms with Crippen LogP contribution >= 0.6 is 11.6 Å². The lowest BCUT2D eigenvalue weighted by molar-refractivity contribution is -0.135. The van der Waals surface area contributed by atoms with Gasteiger partial charge in [-0.1, -0.05) is 0 Å². The van der Waals surface area contributed by atoms with Gasteiger partial charge in [-0.2, -0.15) is 0 Å². The molecule has 9 nitrogen and oxygen atoms in total. The molecule has 3 heterocycles. The van der Waals surface area contributed by atoms with Gasteiger partial charge in [0.15, 0.2) is 16.8 Å². The highest BCUT2D eigenvalue weighted by atomic mass is 35.5. The van der Waals surface area contributed by atoms with E-state index in [0.717, 1.165) is 5.69 Å². The summed E-state index contributed by atoms with van der Waals surface area (Å²) in [6, 6.07) is 8.79. The minimum atomic E-state index is -0.715. The molecule has 2 saturated heterocycles. The van der Waals surface area contributed by atoms with Gasteiger partial charge in [-0.3, -0.25) is 19.2 Å². The average molecular weight is 459 g/mol. The molecule has 10 heteroatoms. The third kappa shape index (κ3) is 4.08. The van der Waals surface area contributed by atoms with E-state index in [0.29, 0.717) is 18.5 Å². The van der Waals surface area contributed by atoms with Gasteiger partial charge >= 0.3 is 0 Å². The van der Waals surface area contributed by atoms with Crippen LogP contribution in [0.5, 0.6) is 0 Å². The van der Waals surface area contributed by atoms with Crippen LogP contribution in [0.3, 0.4) is 0 Å². The molecule has 4 rings (SSSR count). The fourth-order valence-corrected chi connectivity index (χ4v) is 4.36. The fourth-order valence-electron chi connectivity index (χ4n) is 4.21. The van der Waals surface area contributed by atoms with Crippen LogP contribution in [0.15, 0.2) is 40.8 Å². The van der Waals surface area contributed by atoms with Gasteiger partial charge in [0.2, 0.25) is 5.91 Å². The van der Waals surface area contributed by atoms with Gasteiger partial charge in [0.05, 0.1) is 19.1 Å². The Balaban J connectivity index is 1.37. The molecular formula is C22H23ClN4O5. The van der Waals surface area contributed by atoms with Gasteiger partial charge in [0.25, 0.3) is 11.8 Å². The highest BCUT2D eigenvalue weighted by Gasteiger charge is 2.51. The monoisotopic (exact) mass is 458 g/mol. The summed E-state index contributed by atoms with van der Waals surface area (Å²) in [7, 11) is 3.81. The number of ketones is 1. The number of anilines is 1. The van der Waals surface area contributed by atoms with Crippen LogP contribution in [0.25, 0.3) is 0 Å². The van der Waals surface area contributed by atoms with E-state index in [1.54, 1.807) is 12.1 Å². The molecule has 168 valence electrons. The Labute approximate surface area is 189 Å². The van der Waals surface area contributed by atoms with E-state index in [1.165, 1.54) is 21.9 Å². The smallest absolute Gasteiger partial charge is 0.290 e. The molecule has 2 fully saturated rings. The first-order valence-corrected chi connectivity index (χ1v) is 10.6. The number of rotatable bonds is 5. The first kappa shape index (κ1) is 21.9. The topological polar surface area (TPSA) is 103 Å². The standard InChI is InChI=1S/C22H23ClN4O5/c1-25(2)14-5-3-13(4-6-14)21(30)24-11-19(29)26-10-9-15-20(26)16(28)12-27(15)22(31)17-7-8-18(23)32-17/h3-8,15,20H,9-12H2,1-2H3,(H,24,30)/t15-,20+/m1/s1. The van der Waals surface area contributed by atoms with Crippen molar-refractivity contribution in [1.29, 1.82) is 0 Å². The second-order valence-electron chi connectivity index (χ2n) is 8.02. The van der Waals surface area contributed by atoms with Gasteiger partial charge in [0.1, 0.15) is 6.04 Å². The zero-order chi connectivity index (χ0) is 23.0. The zero-order valence-corrected chi connectivity index (χ0v) is 18.5. The van der Waals surface area contributed by atoms with E-state index < -0.39 is 18.0 Å². The number of Topliss-reactive ketones (excluding diaryl/α,β-unsaturated/α-hetero) is 1. The minimum absolute atomic E-state index is 0.0563. The maximum Gasteiger partial charge on any atom is 0.290 e. The fraction of sp³-hybridized carbons (Fsp3) is 0.364. The molecule has 2 aromatic rings. The Morgan fingerprint density at radius 3 is 2.47 bits per heavy atom. The minimum Gasteiger partial charge on any atom is -0.440 e. The molecule has 1 aromatic heterocycles. The number of furan rings is 1. The van der Waals surface area contributed by atoms with Crippen molar-refractivity contribution in [3.8, 4) is 0 Å². The number of carbonyl (C=O) groups excluding carboxylic acids is 4. The molecule has 0 unspecified atom stereocenters. The third-order valence-corrected chi connectivity index (χ3v) is 6.04. The van der Waals surface area contributed by atoms with Crippen LogP contribution in [-0.4, -0.2) is 79.1 Å². The van der Waals surface area contributed by atoms with Crippen molar-refractivity contribution in [2.24, 2.45) is 0 Å². The highest BCUT2D eigenvalue weighted by molar-refractivity contribution is 6.29. The molecule has 32 heavy (non-hydrogen) atoms. The molecule has 1 aromatic carbocycles. The summed E-state index contributed by atoms with van der Waals surface area (Å²) < 4.78 is 5.18. The predicted octanol–water partition coefficient (Wildman–Crippen LogP) is 1.42. The van der Waals surface area contributed by atoms with Gasteiger partial charge in [0, 0.05) is 31.9 Å². The van der Waals surface area contributed by atoms with Gasteiger partial charge in [-0.05, 0) is 54.4 Å². The Morgan fingerprint density at radius 2 is 1.84 bits per heavy atom. The van der Waals surface area contributed by atoms with Crippen molar-refractivity contribution < 1.29 is 23.6 Å². The highest BCUT2D eigenvalue weighted by Crippen LogP contribution is 2.31. The number of fused-ring (bicyclic) bond motifs is 1. The lowest BCUT2D eigenvalue weighted by atomic mass is 10.1. The number of hydrogen-bond donors (Lipinski definition) is 1. The maximum absolute atomic E-state index is 12.8. The maximum atomic E-state index is 12.8. The van der Waals surface area contributed by atoms with E-state index in [1.807, 2.05) is 31.1 Å². The van der Waals surface area contributed by atoms with Gasteiger partial charge < -0.3 is 24.4 Å². The van der Waals surface area contributed by atoms with E-state index in [-0.39, 0.29) is 41.7 Å². The van der Waals surface area contributed by atoms with Crippen molar-refractivity contribution in [1.82, 2.24) is 15.1 Å². The number of nitrogens with zero attached hydrogens (tertiary/aromatic N) is 3. The summed E-state index contributed by atoms with van der Waals surface area (Å²) in [6.07, 6.45) is 0.474. The number of hydrogen-bond acceptors (Lipinski definition) is 6. The molecule has 0 spiro atoms. The summed E-state index contributed by atoms with van der Waals surface area (Å²) in [5, 5.41) is 2.71. The van der Waals surface area contributed by atoms with Crippen molar-refractivity contribution in [2.45, 2.75) is 18.5 Å². The number of carbonyl (C=O) groups is 4. The summed E-state index contributed by atoms with van der Waals surface area (Å²) in [5.41, 5.74) is 1.39. The molecule has 0 radical (unpaired) electrons. The lowest BCUT2D eigenvalue weighted by Crippen LogP contribution is -2.47.